The molecule has 0 spiro atoms. The minimum absolute atomic E-state index is 0.135. The van der Waals surface area contributed by atoms with E-state index in [1.165, 1.54) is 19.2 Å². The SMILES string of the molecule is COOc1cc(NC(N)=S)ccc1-c1c2ccc(=O)cc-2oc2cc(OC)ccc12. The van der Waals surface area contributed by atoms with Crippen molar-refractivity contribution in [2.45, 2.75) is 0 Å². The van der Waals surface area contributed by atoms with Crippen molar-refractivity contribution in [3.8, 4) is 33.9 Å². The van der Waals surface area contributed by atoms with E-state index in [0.29, 0.717) is 28.5 Å². The maximum atomic E-state index is 11.9. The number of fused-ring (bicyclic) bond motifs is 2. The Hall–Kier alpha value is -3.62. The molecule has 0 unspecified atom stereocenters. The van der Waals surface area contributed by atoms with Gasteiger partial charge in [-0.15, -0.1) is 0 Å². The summed E-state index contributed by atoms with van der Waals surface area (Å²) in [5.41, 5.74) is 8.96. The summed E-state index contributed by atoms with van der Waals surface area (Å²) in [5.74, 6) is 1.53. The van der Waals surface area contributed by atoms with Gasteiger partial charge in [-0.3, -0.25) is 4.79 Å². The van der Waals surface area contributed by atoms with Gasteiger partial charge in [-0.1, -0.05) is 0 Å². The van der Waals surface area contributed by atoms with Crippen molar-refractivity contribution in [2.24, 2.45) is 5.73 Å². The fourth-order valence-corrected chi connectivity index (χ4v) is 3.49. The number of benzene rings is 3. The Morgan fingerprint density at radius 1 is 1.03 bits per heavy atom. The molecule has 0 atom stereocenters. The summed E-state index contributed by atoms with van der Waals surface area (Å²) in [6.07, 6.45) is 0. The summed E-state index contributed by atoms with van der Waals surface area (Å²) < 4.78 is 11.3. The van der Waals surface area contributed by atoms with Crippen LogP contribution in [0.2, 0.25) is 0 Å². The topological polar surface area (TPSA) is 96.0 Å². The highest BCUT2D eigenvalue weighted by atomic mass is 32.1. The van der Waals surface area contributed by atoms with Crippen LogP contribution in [0.15, 0.2) is 63.8 Å². The Morgan fingerprint density at radius 3 is 2.57 bits per heavy atom. The molecule has 7 nitrogen and oxygen atoms in total. The maximum Gasteiger partial charge on any atom is 0.182 e. The number of anilines is 1. The average molecular weight is 422 g/mol. The van der Waals surface area contributed by atoms with E-state index >= 15 is 0 Å². The van der Waals surface area contributed by atoms with Crippen LogP contribution in [0.25, 0.3) is 33.4 Å². The minimum Gasteiger partial charge on any atom is -0.497 e. The quantitative estimate of drug-likeness (QED) is 0.214. The zero-order valence-corrected chi connectivity index (χ0v) is 17.0. The molecule has 0 bridgehead atoms. The minimum atomic E-state index is -0.149. The molecule has 1 aliphatic carbocycles. The number of rotatable bonds is 5. The molecule has 30 heavy (non-hydrogen) atoms. The Bertz CT molecular complexity index is 1280. The first-order valence-electron chi connectivity index (χ1n) is 8.96. The number of hydrogen-bond acceptors (Lipinski definition) is 6. The number of nitrogens with one attached hydrogen (secondary N) is 1. The van der Waals surface area contributed by atoms with Crippen LogP contribution < -0.4 is 26.1 Å². The molecular weight excluding hydrogens is 404 g/mol. The van der Waals surface area contributed by atoms with Crippen molar-refractivity contribution < 1.29 is 18.9 Å². The lowest BCUT2D eigenvalue weighted by molar-refractivity contribution is -0.177. The smallest absolute Gasteiger partial charge is 0.182 e. The molecule has 2 aliphatic rings. The largest absolute Gasteiger partial charge is 0.497 e. The summed E-state index contributed by atoms with van der Waals surface area (Å²) in [5, 5.41) is 3.83. The Kier molecular flexibility index (Phi) is 5.26. The highest BCUT2D eigenvalue weighted by Crippen LogP contribution is 2.44. The summed E-state index contributed by atoms with van der Waals surface area (Å²) in [7, 11) is 3.00. The standard InChI is InChI=1S/C22H18N2O5S/c1-26-14-5-8-16-19(11-14)28-18-10-13(25)4-7-15(18)21(16)17-6-3-12(24-22(23)30)9-20(17)29-27-2/h3-11H,1-2H3,(H3,23,24,30). The van der Waals surface area contributed by atoms with Gasteiger partial charge in [0.2, 0.25) is 0 Å². The number of nitrogens with two attached hydrogens (primary N) is 1. The third-order valence-corrected chi connectivity index (χ3v) is 4.69. The number of methoxy groups -OCH3 is 1. The molecular formula is C22H18N2O5S. The van der Waals surface area contributed by atoms with Crippen molar-refractivity contribution in [3.63, 3.8) is 0 Å². The second-order valence-corrected chi connectivity index (χ2v) is 6.89. The fourth-order valence-electron chi connectivity index (χ4n) is 3.38. The van der Waals surface area contributed by atoms with Gasteiger partial charge in [0.15, 0.2) is 16.3 Å². The first-order valence-corrected chi connectivity index (χ1v) is 9.37. The van der Waals surface area contributed by atoms with Gasteiger partial charge in [0, 0.05) is 46.0 Å². The van der Waals surface area contributed by atoms with E-state index in [-0.39, 0.29) is 10.5 Å². The second kappa shape index (κ2) is 8.02. The van der Waals surface area contributed by atoms with Gasteiger partial charge in [-0.2, -0.15) is 4.89 Å². The molecule has 8 heteroatoms. The van der Waals surface area contributed by atoms with Crippen LogP contribution in [0.5, 0.6) is 11.5 Å². The van der Waals surface area contributed by atoms with E-state index in [4.69, 9.17) is 36.9 Å². The zero-order chi connectivity index (χ0) is 21.3. The molecule has 2 aromatic carbocycles. The molecule has 0 fully saturated rings. The first kappa shape index (κ1) is 19.7. The number of thiocarbonyl (C=S) groups is 1. The third kappa shape index (κ3) is 3.66. The molecule has 0 saturated carbocycles. The fraction of sp³-hybridized carbons (Fsp3) is 0.0909. The summed E-state index contributed by atoms with van der Waals surface area (Å²) in [6.45, 7) is 0. The van der Waals surface area contributed by atoms with Crippen LogP contribution in [-0.4, -0.2) is 19.3 Å². The van der Waals surface area contributed by atoms with Gasteiger partial charge in [0.25, 0.3) is 0 Å². The predicted octanol–water partition coefficient (Wildman–Crippen LogP) is 4.17. The van der Waals surface area contributed by atoms with Gasteiger partial charge >= 0.3 is 0 Å². The third-order valence-electron chi connectivity index (χ3n) is 4.59. The summed E-state index contributed by atoms with van der Waals surface area (Å²) >= 11 is 4.91. The molecule has 4 rings (SSSR count). The molecule has 1 heterocycles. The van der Waals surface area contributed by atoms with Crippen molar-refractivity contribution in [1.82, 2.24) is 0 Å². The van der Waals surface area contributed by atoms with E-state index in [1.807, 2.05) is 24.3 Å². The molecule has 1 aliphatic heterocycles. The van der Waals surface area contributed by atoms with Gasteiger partial charge in [-0.05, 0) is 48.6 Å². The van der Waals surface area contributed by atoms with Crippen LogP contribution in [0.3, 0.4) is 0 Å². The van der Waals surface area contributed by atoms with E-state index in [9.17, 15) is 4.79 Å². The van der Waals surface area contributed by atoms with E-state index in [2.05, 4.69) is 5.32 Å². The Labute approximate surface area is 177 Å². The lowest BCUT2D eigenvalue weighted by atomic mass is 9.93. The highest BCUT2D eigenvalue weighted by Gasteiger charge is 2.21. The number of ether oxygens (including phenoxy) is 1. The van der Waals surface area contributed by atoms with Crippen LogP contribution in [0.1, 0.15) is 0 Å². The van der Waals surface area contributed by atoms with Crippen molar-refractivity contribution in [2.75, 3.05) is 19.5 Å². The summed E-state index contributed by atoms with van der Waals surface area (Å²) in [6, 6.07) is 15.6. The highest BCUT2D eigenvalue weighted by molar-refractivity contribution is 7.80. The Balaban J connectivity index is 2.05. The van der Waals surface area contributed by atoms with Crippen LogP contribution in [0.4, 0.5) is 5.69 Å². The van der Waals surface area contributed by atoms with E-state index in [1.54, 1.807) is 25.3 Å². The lowest BCUT2D eigenvalue weighted by Gasteiger charge is -2.18. The first-order chi connectivity index (χ1) is 14.5. The average Bonchev–Trinajstić information content (AvgIpc) is 2.72. The van der Waals surface area contributed by atoms with Gasteiger partial charge in [-0.25, -0.2) is 0 Å². The van der Waals surface area contributed by atoms with E-state index < -0.39 is 0 Å². The second-order valence-electron chi connectivity index (χ2n) is 6.45. The monoisotopic (exact) mass is 422 g/mol. The van der Waals surface area contributed by atoms with Crippen molar-refractivity contribution in [1.29, 1.82) is 0 Å². The molecule has 152 valence electrons. The zero-order valence-electron chi connectivity index (χ0n) is 16.2. The van der Waals surface area contributed by atoms with Crippen LogP contribution in [0, 0.1) is 0 Å². The van der Waals surface area contributed by atoms with E-state index in [0.717, 1.165) is 22.1 Å². The lowest BCUT2D eigenvalue weighted by Crippen LogP contribution is -2.18. The molecule has 2 aromatic rings. The molecule has 3 N–H and O–H groups in total. The molecule has 0 amide bonds. The van der Waals surface area contributed by atoms with Crippen LogP contribution >= 0.6 is 12.2 Å². The molecule has 0 aromatic heterocycles. The molecule has 0 radical (unpaired) electrons. The predicted molar refractivity (Wildman–Crippen MR) is 119 cm³/mol. The molecule has 0 saturated heterocycles. The maximum absolute atomic E-state index is 11.9. The summed E-state index contributed by atoms with van der Waals surface area (Å²) in [4.78, 5) is 22.3. The van der Waals surface area contributed by atoms with Crippen LogP contribution in [-0.2, 0) is 4.89 Å². The van der Waals surface area contributed by atoms with Crippen molar-refractivity contribution in [3.05, 3.63) is 64.8 Å². The van der Waals surface area contributed by atoms with Gasteiger partial charge < -0.3 is 25.1 Å². The normalized spacial score (nSPS) is 10.9. The van der Waals surface area contributed by atoms with Crippen molar-refractivity contribution >= 4 is 34.0 Å². The van der Waals surface area contributed by atoms with Gasteiger partial charge in [0.05, 0.1) is 14.2 Å². The van der Waals surface area contributed by atoms with Gasteiger partial charge in [0.1, 0.15) is 17.1 Å². The number of hydrogen-bond donors (Lipinski definition) is 2. The Morgan fingerprint density at radius 2 is 1.83 bits per heavy atom.